The topological polar surface area (TPSA) is 71.6 Å². The number of nitrogens with zero attached hydrogens (tertiary/aromatic N) is 1. The summed E-state index contributed by atoms with van der Waals surface area (Å²) in [5.41, 5.74) is 1.10. The van der Waals surface area contributed by atoms with E-state index in [1.54, 1.807) is 18.1 Å². The van der Waals surface area contributed by atoms with Crippen molar-refractivity contribution in [2.75, 3.05) is 13.7 Å². The van der Waals surface area contributed by atoms with Gasteiger partial charge < -0.3 is 19.4 Å². The number of hydrogen-bond acceptors (Lipinski definition) is 4. The summed E-state index contributed by atoms with van der Waals surface area (Å²) in [6.07, 6.45) is 1.27. The Bertz CT molecular complexity index is 822. The Labute approximate surface area is 146 Å². The number of hydrogen-bond donors (Lipinski definition) is 1. The van der Waals surface area contributed by atoms with Gasteiger partial charge in [0.2, 0.25) is 0 Å². The molecule has 1 aliphatic rings. The van der Waals surface area contributed by atoms with Gasteiger partial charge in [-0.05, 0) is 50.3 Å². The molecule has 1 amide bonds. The van der Waals surface area contributed by atoms with Gasteiger partial charge in [-0.2, -0.15) is 0 Å². The molecule has 1 aliphatic heterocycles. The maximum atomic E-state index is 12.7. The van der Waals surface area contributed by atoms with Crippen molar-refractivity contribution in [1.29, 1.82) is 0 Å². The summed E-state index contributed by atoms with van der Waals surface area (Å²) in [7, 11) is 1.59. The van der Waals surface area contributed by atoms with Crippen LogP contribution in [0.2, 0.25) is 0 Å². The molecule has 2 aromatic rings. The van der Waals surface area contributed by atoms with Crippen LogP contribution >= 0.6 is 0 Å². The van der Waals surface area contributed by atoms with E-state index in [9.17, 15) is 9.59 Å². The smallest absolute Gasteiger partial charge is 0.253 e. The molecule has 3 rings (SSSR count). The molecule has 25 heavy (non-hydrogen) atoms. The van der Waals surface area contributed by atoms with E-state index in [1.807, 2.05) is 32.0 Å². The predicted octanol–water partition coefficient (Wildman–Crippen LogP) is 2.45. The summed E-state index contributed by atoms with van der Waals surface area (Å²) in [5, 5.41) is 0.906. The maximum Gasteiger partial charge on any atom is 0.253 e. The summed E-state index contributed by atoms with van der Waals surface area (Å²) >= 11 is 0. The van der Waals surface area contributed by atoms with Gasteiger partial charge in [0.05, 0.1) is 19.2 Å². The average molecular weight is 344 g/mol. The van der Waals surface area contributed by atoms with E-state index in [0.29, 0.717) is 17.9 Å². The molecule has 1 aromatic carbocycles. The second-order valence-electron chi connectivity index (χ2n) is 6.64. The Balaban J connectivity index is 1.90. The van der Waals surface area contributed by atoms with E-state index in [4.69, 9.17) is 9.47 Å². The van der Waals surface area contributed by atoms with Crippen LogP contribution in [0.25, 0.3) is 10.9 Å². The van der Waals surface area contributed by atoms with Crippen molar-refractivity contribution in [1.82, 2.24) is 9.88 Å². The zero-order valence-electron chi connectivity index (χ0n) is 14.9. The van der Waals surface area contributed by atoms with Gasteiger partial charge in [-0.15, -0.1) is 0 Å². The molecule has 1 N–H and O–H groups in total. The summed E-state index contributed by atoms with van der Waals surface area (Å²) in [6, 6.07) is 7.36. The summed E-state index contributed by atoms with van der Waals surface area (Å²) in [4.78, 5) is 29.8. The van der Waals surface area contributed by atoms with E-state index in [1.165, 1.54) is 0 Å². The zero-order valence-corrected chi connectivity index (χ0v) is 14.9. The van der Waals surface area contributed by atoms with E-state index < -0.39 is 0 Å². The number of benzene rings is 1. The first-order valence-electron chi connectivity index (χ1n) is 8.61. The Kier molecular flexibility index (Phi) is 5.08. The Morgan fingerprint density at radius 2 is 2.20 bits per heavy atom. The number of carbonyl (C=O) groups is 1. The lowest BCUT2D eigenvalue weighted by atomic mass is 10.1. The summed E-state index contributed by atoms with van der Waals surface area (Å²) in [6.45, 7) is 4.80. The monoisotopic (exact) mass is 344 g/mol. The first-order valence-corrected chi connectivity index (χ1v) is 8.61. The van der Waals surface area contributed by atoms with Crippen LogP contribution in [0.4, 0.5) is 0 Å². The molecule has 6 nitrogen and oxygen atoms in total. The molecule has 1 aromatic heterocycles. The lowest BCUT2D eigenvalue weighted by molar-refractivity contribution is -0.143. The molecule has 2 heterocycles. The molecule has 134 valence electrons. The van der Waals surface area contributed by atoms with E-state index in [0.717, 1.165) is 23.7 Å². The zero-order chi connectivity index (χ0) is 18.0. The van der Waals surface area contributed by atoms with Crippen LogP contribution < -0.4 is 10.3 Å². The molecule has 0 spiro atoms. The minimum Gasteiger partial charge on any atom is -0.497 e. The van der Waals surface area contributed by atoms with Crippen molar-refractivity contribution in [2.45, 2.75) is 45.4 Å². The largest absolute Gasteiger partial charge is 0.497 e. The number of fused-ring (bicyclic) bond motifs is 1. The molecule has 1 saturated heterocycles. The molecule has 1 fully saturated rings. The van der Waals surface area contributed by atoms with Gasteiger partial charge in [0.1, 0.15) is 11.9 Å². The fourth-order valence-electron chi connectivity index (χ4n) is 3.13. The van der Waals surface area contributed by atoms with Gasteiger partial charge in [0.25, 0.3) is 11.5 Å². The van der Waals surface area contributed by atoms with Crippen molar-refractivity contribution in [3.05, 3.63) is 40.2 Å². The lowest BCUT2D eigenvalue weighted by Gasteiger charge is -2.29. The molecule has 0 unspecified atom stereocenters. The highest BCUT2D eigenvalue weighted by atomic mass is 16.5. The normalized spacial score (nSPS) is 17.2. The van der Waals surface area contributed by atoms with Gasteiger partial charge in [0.15, 0.2) is 0 Å². The number of pyridine rings is 1. The SMILES string of the molecule is COc1ccc2cc(CN(C(=O)[C@@H]3CCCO3)C(C)C)c(=O)[nH]c2c1. The number of rotatable bonds is 5. The third-order valence-electron chi connectivity index (χ3n) is 4.58. The number of carbonyl (C=O) groups excluding carboxylic acids is 1. The van der Waals surface area contributed by atoms with Crippen LogP contribution in [0, 0.1) is 0 Å². The van der Waals surface area contributed by atoms with Crippen molar-refractivity contribution in [3.8, 4) is 5.75 Å². The fourth-order valence-corrected chi connectivity index (χ4v) is 3.13. The Morgan fingerprint density at radius 1 is 1.40 bits per heavy atom. The standard InChI is InChI=1S/C19H24N2O4/c1-12(2)21(19(23)17-5-4-8-25-17)11-14-9-13-6-7-15(24-3)10-16(13)20-18(14)22/h6-7,9-10,12,17H,4-5,8,11H2,1-3H3,(H,20,22)/t17-/m0/s1. The second kappa shape index (κ2) is 7.27. The molecule has 0 saturated carbocycles. The third-order valence-corrected chi connectivity index (χ3v) is 4.58. The van der Waals surface area contributed by atoms with Crippen LogP contribution in [0.15, 0.2) is 29.1 Å². The second-order valence-corrected chi connectivity index (χ2v) is 6.64. The lowest BCUT2D eigenvalue weighted by Crippen LogP contribution is -2.43. The molecule has 6 heteroatoms. The van der Waals surface area contributed by atoms with E-state index in [2.05, 4.69) is 4.98 Å². The molecule has 1 atom stereocenters. The number of aromatic amines is 1. The van der Waals surface area contributed by atoms with Crippen molar-refractivity contribution in [3.63, 3.8) is 0 Å². The minimum atomic E-state index is -0.383. The fraction of sp³-hybridized carbons (Fsp3) is 0.474. The van der Waals surface area contributed by atoms with Gasteiger partial charge in [-0.25, -0.2) is 0 Å². The van der Waals surface area contributed by atoms with E-state index >= 15 is 0 Å². The van der Waals surface area contributed by atoms with Crippen LogP contribution in [0.3, 0.4) is 0 Å². The first kappa shape index (κ1) is 17.5. The number of nitrogens with one attached hydrogen (secondary N) is 1. The maximum absolute atomic E-state index is 12.7. The molecule has 0 radical (unpaired) electrons. The van der Waals surface area contributed by atoms with Gasteiger partial charge in [0, 0.05) is 24.3 Å². The molecular formula is C19H24N2O4. The van der Waals surface area contributed by atoms with Gasteiger partial charge in [-0.3, -0.25) is 9.59 Å². The third kappa shape index (κ3) is 3.69. The number of methoxy groups -OCH3 is 1. The number of H-pyrrole nitrogens is 1. The number of amides is 1. The Morgan fingerprint density at radius 3 is 2.84 bits per heavy atom. The van der Waals surface area contributed by atoms with Crippen LogP contribution in [0.5, 0.6) is 5.75 Å². The molecule has 0 aliphatic carbocycles. The molecule has 0 bridgehead atoms. The van der Waals surface area contributed by atoms with Crippen molar-refractivity contribution in [2.24, 2.45) is 0 Å². The average Bonchev–Trinajstić information content (AvgIpc) is 3.13. The van der Waals surface area contributed by atoms with Crippen LogP contribution in [-0.2, 0) is 16.1 Å². The van der Waals surface area contributed by atoms with Crippen LogP contribution in [-0.4, -0.2) is 41.7 Å². The molecular weight excluding hydrogens is 320 g/mol. The predicted molar refractivity (Wildman–Crippen MR) is 95.8 cm³/mol. The summed E-state index contributed by atoms with van der Waals surface area (Å²) in [5.74, 6) is 0.648. The minimum absolute atomic E-state index is 0.0114. The van der Waals surface area contributed by atoms with Gasteiger partial charge >= 0.3 is 0 Å². The van der Waals surface area contributed by atoms with Crippen molar-refractivity contribution >= 4 is 16.8 Å². The first-order chi connectivity index (χ1) is 12.0. The number of aromatic nitrogens is 1. The quantitative estimate of drug-likeness (QED) is 0.904. The summed E-state index contributed by atoms with van der Waals surface area (Å²) < 4.78 is 10.7. The highest BCUT2D eigenvalue weighted by Gasteiger charge is 2.30. The van der Waals surface area contributed by atoms with E-state index in [-0.39, 0.29) is 30.2 Å². The number of ether oxygens (including phenoxy) is 2. The van der Waals surface area contributed by atoms with Crippen LogP contribution in [0.1, 0.15) is 32.3 Å². The highest BCUT2D eigenvalue weighted by molar-refractivity contribution is 5.82. The highest BCUT2D eigenvalue weighted by Crippen LogP contribution is 2.21. The van der Waals surface area contributed by atoms with Gasteiger partial charge in [-0.1, -0.05) is 0 Å². The Hall–Kier alpha value is -2.34. The van der Waals surface area contributed by atoms with Crippen molar-refractivity contribution < 1.29 is 14.3 Å².